The van der Waals surface area contributed by atoms with Gasteiger partial charge in [-0.3, -0.25) is 14.6 Å². The van der Waals surface area contributed by atoms with E-state index in [1.807, 2.05) is 0 Å². The number of amidine groups is 1. The monoisotopic (exact) mass is 453 g/mol. The summed E-state index contributed by atoms with van der Waals surface area (Å²) in [5, 5.41) is 5.45. The van der Waals surface area contributed by atoms with Crippen LogP contribution in [0.4, 0.5) is 11.4 Å². The SMILES string of the molecule is COc1cc(NC(=O)C2=CC=CN3CCS(=O)(=O)N=C23)ccc1NC(=O)c1cccnc1. The van der Waals surface area contributed by atoms with E-state index >= 15 is 0 Å². The number of nitrogens with zero attached hydrogens (tertiary/aromatic N) is 3. The van der Waals surface area contributed by atoms with Crippen molar-refractivity contribution in [2.24, 2.45) is 4.40 Å². The minimum absolute atomic E-state index is 0.0866. The molecule has 2 aromatic rings. The molecule has 1 aromatic carbocycles. The first kappa shape index (κ1) is 21.2. The highest BCUT2D eigenvalue weighted by molar-refractivity contribution is 7.90. The van der Waals surface area contributed by atoms with Gasteiger partial charge in [-0.15, -0.1) is 4.40 Å². The van der Waals surface area contributed by atoms with Gasteiger partial charge in [0.15, 0.2) is 5.84 Å². The predicted molar refractivity (Wildman–Crippen MR) is 119 cm³/mol. The molecule has 4 rings (SSSR count). The first-order valence-electron chi connectivity index (χ1n) is 9.55. The average Bonchev–Trinajstić information content (AvgIpc) is 2.79. The number of carbonyl (C=O) groups is 2. The molecule has 2 amide bonds. The summed E-state index contributed by atoms with van der Waals surface area (Å²) in [6, 6.07) is 8.02. The minimum Gasteiger partial charge on any atom is -0.494 e. The van der Waals surface area contributed by atoms with Gasteiger partial charge < -0.3 is 20.3 Å². The number of methoxy groups -OCH3 is 1. The molecule has 0 unspecified atom stereocenters. The minimum atomic E-state index is -3.62. The summed E-state index contributed by atoms with van der Waals surface area (Å²) in [5.74, 6) is -0.576. The van der Waals surface area contributed by atoms with E-state index in [9.17, 15) is 18.0 Å². The van der Waals surface area contributed by atoms with E-state index in [2.05, 4.69) is 20.0 Å². The van der Waals surface area contributed by atoms with Crippen molar-refractivity contribution < 1.29 is 22.7 Å². The Morgan fingerprint density at radius 2 is 2.00 bits per heavy atom. The standard InChI is InChI=1S/C21H19N5O5S/c1-31-18-12-15(6-7-17(18)24-20(27)14-4-2-8-22-13-14)23-21(28)16-5-3-9-26-10-11-32(29,30)25-19(16)26/h2-9,12-13H,10-11H2,1H3,(H,23,28)(H,24,27). The second-order valence-corrected chi connectivity index (χ2v) is 8.64. The fraction of sp³-hybridized carbons (Fsp3) is 0.143. The van der Waals surface area contributed by atoms with Crippen LogP contribution in [0.1, 0.15) is 10.4 Å². The van der Waals surface area contributed by atoms with E-state index < -0.39 is 15.9 Å². The molecule has 0 radical (unpaired) electrons. The molecular weight excluding hydrogens is 434 g/mol. The maximum Gasteiger partial charge on any atom is 0.259 e. The molecule has 2 aliphatic heterocycles. The van der Waals surface area contributed by atoms with Crippen LogP contribution in [0.15, 0.2) is 71.0 Å². The Kier molecular flexibility index (Phi) is 5.73. The van der Waals surface area contributed by atoms with Crippen LogP contribution in [-0.2, 0) is 14.8 Å². The van der Waals surface area contributed by atoms with Crippen LogP contribution in [0.3, 0.4) is 0 Å². The van der Waals surface area contributed by atoms with E-state index in [4.69, 9.17) is 4.74 Å². The summed E-state index contributed by atoms with van der Waals surface area (Å²) in [5.41, 5.74) is 1.32. The lowest BCUT2D eigenvalue weighted by molar-refractivity contribution is -0.112. The van der Waals surface area contributed by atoms with E-state index in [0.29, 0.717) is 22.7 Å². The van der Waals surface area contributed by atoms with Crippen LogP contribution in [0.25, 0.3) is 0 Å². The van der Waals surface area contributed by atoms with Crippen molar-refractivity contribution in [3.8, 4) is 5.75 Å². The molecule has 2 aliphatic rings. The Morgan fingerprint density at radius 3 is 2.75 bits per heavy atom. The molecule has 2 N–H and O–H groups in total. The second kappa shape index (κ2) is 8.63. The molecule has 0 fully saturated rings. The number of benzene rings is 1. The lowest BCUT2D eigenvalue weighted by atomic mass is 10.1. The fourth-order valence-electron chi connectivity index (χ4n) is 3.16. The van der Waals surface area contributed by atoms with Gasteiger partial charge in [-0.05, 0) is 36.4 Å². The average molecular weight is 453 g/mol. The summed E-state index contributed by atoms with van der Waals surface area (Å²) >= 11 is 0. The lowest BCUT2D eigenvalue weighted by Gasteiger charge is -2.28. The molecule has 0 saturated carbocycles. The Bertz CT molecular complexity index is 1270. The van der Waals surface area contributed by atoms with Crippen LogP contribution < -0.4 is 15.4 Å². The number of aromatic nitrogens is 1. The zero-order chi connectivity index (χ0) is 22.7. The zero-order valence-electron chi connectivity index (χ0n) is 17.0. The number of pyridine rings is 1. The second-order valence-electron chi connectivity index (χ2n) is 6.88. The van der Waals surface area contributed by atoms with Crippen LogP contribution in [0.2, 0.25) is 0 Å². The first-order chi connectivity index (χ1) is 15.4. The van der Waals surface area contributed by atoms with Crippen LogP contribution in [0.5, 0.6) is 5.75 Å². The Balaban J connectivity index is 1.53. The van der Waals surface area contributed by atoms with Gasteiger partial charge in [-0.1, -0.05) is 0 Å². The van der Waals surface area contributed by atoms with Gasteiger partial charge in [0.25, 0.3) is 21.8 Å². The smallest absolute Gasteiger partial charge is 0.259 e. The summed E-state index contributed by atoms with van der Waals surface area (Å²) in [7, 11) is -2.18. The number of anilines is 2. The maximum atomic E-state index is 12.8. The molecule has 10 nitrogen and oxygen atoms in total. The lowest BCUT2D eigenvalue weighted by Crippen LogP contribution is -2.40. The number of hydrogen-bond donors (Lipinski definition) is 2. The number of ether oxygens (including phenoxy) is 1. The molecule has 0 spiro atoms. The molecule has 1 aromatic heterocycles. The number of fused-ring (bicyclic) bond motifs is 1. The highest BCUT2D eigenvalue weighted by Crippen LogP contribution is 2.29. The number of nitrogens with one attached hydrogen (secondary N) is 2. The van der Waals surface area contributed by atoms with Crippen molar-refractivity contribution in [2.75, 3.05) is 30.0 Å². The predicted octanol–water partition coefficient (Wildman–Crippen LogP) is 1.78. The molecular formula is C21H19N5O5S. The topological polar surface area (TPSA) is 130 Å². The highest BCUT2D eigenvalue weighted by atomic mass is 32.2. The van der Waals surface area contributed by atoms with Crippen molar-refractivity contribution in [1.82, 2.24) is 9.88 Å². The number of rotatable bonds is 5. The third kappa shape index (κ3) is 4.52. The number of sulfonamides is 1. The van der Waals surface area contributed by atoms with E-state index in [1.54, 1.807) is 53.7 Å². The third-order valence-electron chi connectivity index (χ3n) is 4.73. The molecule has 0 atom stereocenters. The van der Waals surface area contributed by atoms with Gasteiger partial charge in [0.2, 0.25) is 0 Å². The molecule has 0 bridgehead atoms. The van der Waals surface area contributed by atoms with Crippen LogP contribution in [-0.4, -0.2) is 55.4 Å². The summed E-state index contributed by atoms with van der Waals surface area (Å²) in [4.78, 5) is 30.8. The highest BCUT2D eigenvalue weighted by Gasteiger charge is 2.30. The van der Waals surface area contributed by atoms with Gasteiger partial charge in [0, 0.05) is 36.9 Å². The van der Waals surface area contributed by atoms with Crippen LogP contribution >= 0.6 is 0 Å². The van der Waals surface area contributed by atoms with Gasteiger partial charge in [0.05, 0.1) is 29.7 Å². The van der Waals surface area contributed by atoms with Gasteiger partial charge in [0.1, 0.15) is 5.75 Å². The summed E-state index contributed by atoms with van der Waals surface area (Å²) in [6.45, 7) is 0.224. The fourth-order valence-corrected chi connectivity index (χ4v) is 4.14. The third-order valence-corrected chi connectivity index (χ3v) is 5.88. The van der Waals surface area contributed by atoms with Crippen molar-refractivity contribution >= 4 is 39.0 Å². The molecule has 11 heteroatoms. The van der Waals surface area contributed by atoms with E-state index in [1.165, 1.54) is 19.4 Å². The Labute approximate surface area is 184 Å². The van der Waals surface area contributed by atoms with Crippen molar-refractivity contribution in [1.29, 1.82) is 0 Å². The molecule has 3 heterocycles. The van der Waals surface area contributed by atoms with Crippen molar-refractivity contribution in [2.45, 2.75) is 0 Å². The Hall–Kier alpha value is -3.99. The van der Waals surface area contributed by atoms with Crippen molar-refractivity contribution in [3.63, 3.8) is 0 Å². The number of carbonyl (C=O) groups excluding carboxylic acids is 2. The quantitative estimate of drug-likeness (QED) is 0.706. The van der Waals surface area contributed by atoms with Gasteiger partial charge >= 0.3 is 0 Å². The van der Waals surface area contributed by atoms with Gasteiger partial charge in [-0.25, -0.2) is 8.42 Å². The van der Waals surface area contributed by atoms with E-state index in [0.717, 1.165) is 0 Å². The first-order valence-corrected chi connectivity index (χ1v) is 11.2. The molecule has 0 aliphatic carbocycles. The molecule has 164 valence electrons. The van der Waals surface area contributed by atoms with E-state index in [-0.39, 0.29) is 29.6 Å². The molecule has 32 heavy (non-hydrogen) atoms. The maximum absolute atomic E-state index is 12.8. The largest absolute Gasteiger partial charge is 0.494 e. The normalized spacial score (nSPS) is 16.3. The number of hydrogen-bond acceptors (Lipinski definition) is 7. The number of amides is 2. The summed E-state index contributed by atoms with van der Waals surface area (Å²) < 4.78 is 32.9. The van der Waals surface area contributed by atoms with Gasteiger partial charge in [-0.2, -0.15) is 0 Å². The Morgan fingerprint density at radius 1 is 1.16 bits per heavy atom. The van der Waals surface area contributed by atoms with Crippen LogP contribution in [0, 0.1) is 0 Å². The van der Waals surface area contributed by atoms with Crippen molar-refractivity contribution in [3.05, 3.63) is 72.2 Å². The zero-order valence-corrected chi connectivity index (χ0v) is 17.8. The molecule has 0 saturated heterocycles. The summed E-state index contributed by atoms with van der Waals surface area (Å²) in [6.07, 6.45) is 7.85. The number of allylic oxidation sites excluding steroid dienone is 2.